The van der Waals surface area contributed by atoms with Crippen molar-refractivity contribution in [2.75, 3.05) is 33.3 Å². The highest BCUT2D eigenvalue weighted by atomic mass is 17.1. The first-order valence-electron chi connectivity index (χ1n) is 8.75. The number of amides is 1. The minimum Gasteiger partial charge on any atom is -0.497 e. The van der Waals surface area contributed by atoms with Gasteiger partial charge in [-0.2, -0.15) is 0 Å². The summed E-state index contributed by atoms with van der Waals surface area (Å²) in [5, 5.41) is 11.1. The van der Waals surface area contributed by atoms with E-state index in [-0.39, 0.29) is 24.5 Å². The number of methoxy groups -OCH3 is 1. The van der Waals surface area contributed by atoms with Gasteiger partial charge < -0.3 is 15.0 Å². The Morgan fingerprint density at radius 2 is 1.65 bits per heavy atom. The van der Waals surface area contributed by atoms with Gasteiger partial charge in [0.15, 0.2) is 5.78 Å². The molecule has 1 saturated heterocycles. The van der Waals surface area contributed by atoms with Crippen LogP contribution in [0, 0.1) is 0 Å². The first kappa shape index (κ1) is 22.1. The molecule has 1 aromatic carbocycles. The third kappa shape index (κ3) is 8.42. The molecule has 0 radical (unpaired) electrons. The fraction of sp³-hybridized carbons (Fsp3) is 0.579. The van der Waals surface area contributed by atoms with Crippen LogP contribution in [0.15, 0.2) is 24.3 Å². The number of hydrogen-bond acceptors (Lipinski definition) is 6. The zero-order valence-electron chi connectivity index (χ0n) is 16.1. The maximum Gasteiger partial charge on any atom is 0.223 e. The molecule has 0 atom stereocenters. The lowest BCUT2D eigenvalue weighted by atomic mass is 10.1. The van der Waals surface area contributed by atoms with Crippen molar-refractivity contribution in [1.29, 1.82) is 0 Å². The average molecular weight is 366 g/mol. The number of ketones is 1. The van der Waals surface area contributed by atoms with Crippen molar-refractivity contribution in [1.82, 2.24) is 10.2 Å². The number of Topliss-reactive ketones (excluding diaryl/α,β-unsaturated/α-hetero) is 1. The smallest absolute Gasteiger partial charge is 0.223 e. The standard InChI is InChI=1S/C15H20N2O3.C4H10O2/c1-20-13-4-2-12(3-5-13)14(18)6-7-15(19)17-10-8-16-9-11-17;1-4(2,3)6-5/h2-5,16H,6-11H2,1H3;5H,1-3H3. The summed E-state index contributed by atoms with van der Waals surface area (Å²) in [4.78, 5) is 29.7. The van der Waals surface area contributed by atoms with Gasteiger partial charge in [0, 0.05) is 44.6 Å². The number of nitrogens with one attached hydrogen (secondary N) is 1. The van der Waals surface area contributed by atoms with Crippen LogP contribution in [-0.2, 0) is 9.68 Å². The van der Waals surface area contributed by atoms with Crippen LogP contribution in [0.3, 0.4) is 0 Å². The second-order valence-electron chi connectivity index (χ2n) is 6.99. The highest BCUT2D eigenvalue weighted by molar-refractivity contribution is 5.98. The highest BCUT2D eigenvalue weighted by Gasteiger charge is 2.17. The topological polar surface area (TPSA) is 88.1 Å². The number of rotatable bonds is 5. The Hall–Kier alpha value is -1.96. The van der Waals surface area contributed by atoms with Crippen molar-refractivity contribution in [2.45, 2.75) is 39.2 Å². The molecule has 0 aromatic heterocycles. The molecule has 7 nitrogen and oxygen atoms in total. The van der Waals surface area contributed by atoms with E-state index in [1.54, 1.807) is 52.1 Å². The second kappa shape index (κ2) is 10.9. The summed E-state index contributed by atoms with van der Waals surface area (Å²) < 4.78 is 5.05. The zero-order chi connectivity index (χ0) is 19.6. The molecule has 0 aliphatic carbocycles. The van der Waals surface area contributed by atoms with Crippen molar-refractivity contribution in [3.05, 3.63) is 29.8 Å². The van der Waals surface area contributed by atoms with Crippen molar-refractivity contribution in [3.8, 4) is 5.75 Å². The van der Waals surface area contributed by atoms with Gasteiger partial charge in [-0.3, -0.25) is 14.8 Å². The number of carbonyl (C=O) groups excluding carboxylic acids is 2. The molecule has 1 fully saturated rings. The highest BCUT2D eigenvalue weighted by Crippen LogP contribution is 2.13. The molecule has 1 aliphatic heterocycles. The monoisotopic (exact) mass is 366 g/mol. The molecule has 1 heterocycles. The SMILES string of the molecule is CC(C)(C)OO.COc1ccc(C(=O)CCC(=O)N2CCNCC2)cc1. The van der Waals surface area contributed by atoms with Gasteiger partial charge in [-0.05, 0) is 45.0 Å². The summed E-state index contributed by atoms with van der Waals surface area (Å²) in [6.07, 6.45) is 0.542. The maximum atomic E-state index is 12.0. The Morgan fingerprint density at radius 1 is 1.12 bits per heavy atom. The number of nitrogens with zero attached hydrogens (tertiary/aromatic N) is 1. The Balaban J connectivity index is 0.000000487. The van der Waals surface area contributed by atoms with Crippen LogP contribution in [0.2, 0.25) is 0 Å². The predicted octanol–water partition coefficient (Wildman–Crippen LogP) is 2.36. The molecule has 1 amide bonds. The Labute approximate surface area is 155 Å². The summed E-state index contributed by atoms with van der Waals surface area (Å²) in [7, 11) is 1.59. The quantitative estimate of drug-likeness (QED) is 0.472. The summed E-state index contributed by atoms with van der Waals surface area (Å²) in [5.74, 6) is 0.781. The molecule has 2 rings (SSSR count). The molecule has 26 heavy (non-hydrogen) atoms. The van der Waals surface area contributed by atoms with E-state index in [9.17, 15) is 9.59 Å². The summed E-state index contributed by atoms with van der Waals surface area (Å²) in [6, 6.07) is 6.98. The van der Waals surface area contributed by atoms with Crippen LogP contribution in [0.1, 0.15) is 44.0 Å². The normalized spacial score (nSPS) is 14.3. The molecule has 0 bridgehead atoms. The van der Waals surface area contributed by atoms with E-state index >= 15 is 0 Å². The van der Waals surface area contributed by atoms with Crippen LogP contribution < -0.4 is 10.1 Å². The molecule has 1 aromatic rings. The van der Waals surface area contributed by atoms with E-state index in [2.05, 4.69) is 10.2 Å². The average Bonchev–Trinajstić information content (AvgIpc) is 2.66. The number of ether oxygens (including phenoxy) is 1. The van der Waals surface area contributed by atoms with Crippen LogP contribution in [0.4, 0.5) is 0 Å². The van der Waals surface area contributed by atoms with Crippen LogP contribution in [0.5, 0.6) is 5.75 Å². The van der Waals surface area contributed by atoms with Crippen LogP contribution in [-0.4, -0.2) is 60.7 Å². The Kier molecular flexibility index (Phi) is 9.26. The summed E-state index contributed by atoms with van der Waals surface area (Å²) >= 11 is 0. The van der Waals surface area contributed by atoms with Gasteiger partial charge in [-0.15, -0.1) is 0 Å². The molecule has 0 spiro atoms. The molecular weight excluding hydrogens is 336 g/mol. The first-order valence-corrected chi connectivity index (χ1v) is 8.75. The largest absolute Gasteiger partial charge is 0.497 e. The summed E-state index contributed by atoms with van der Waals surface area (Å²) in [6.45, 7) is 8.44. The van der Waals surface area contributed by atoms with E-state index in [0.29, 0.717) is 5.56 Å². The predicted molar refractivity (Wildman–Crippen MR) is 99.5 cm³/mol. The third-order valence-electron chi connectivity index (χ3n) is 3.72. The minimum atomic E-state index is -0.403. The molecule has 1 aliphatic rings. The van der Waals surface area contributed by atoms with Crippen LogP contribution in [0.25, 0.3) is 0 Å². The molecule has 0 unspecified atom stereocenters. The zero-order valence-corrected chi connectivity index (χ0v) is 16.1. The van der Waals surface area contributed by atoms with Crippen molar-refractivity contribution >= 4 is 11.7 Å². The van der Waals surface area contributed by atoms with Gasteiger partial charge in [0.05, 0.1) is 12.7 Å². The van der Waals surface area contributed by atoms with E-state index in [4.69, 9.17) is 9.99 Å². The van der Waals surface area contributed by atoms with Gasteiger partial charge >= 0.3 is 0 Å². The van der Waals surface area contributed by atoms with Gasteiger partial charge in [-0.1, -0.05) is 0 Å². The maximum absolute atomic E-state index is 12.0. The molecule has 0 saturated carbocycles. The fourth-order valence-electron chi connectivity index (χ4n) is 2.21. The molecule has 2 N–H and O–H groups in total. The van der Waals surface area contributed by atoms with Crippen molar-refractivity contribution in [3.63, 3.8) is 0 Å². The van der Waals surface area contributed by atoms with Crippen molar-refractivity contribution < 1.29 is 24.5 Å². The Morgan fingerprint density at radius 3 is 2.12 bits per heavy atom. The first-order chi connectivity index (χ1) is 12.3. The summed E-state index contributed by atoms with van der Waals surface area (Å²) in [5.41, 5.74) is 0.221. The van der Waals surface area contributed by atoms with E-state index in [0.717, 1.165) is 31.9 Å². The van der Waals surface area contributed by atoms with Gasteiger partial charge in [0.1, 0.15) is 5.75 Å². The molecule has 146 valence electrons. The number of carbonyl (C=O) groups is 2. The van der Waals surface area contributed by atoms with E-state index in [1.807, 2.05) is 4.90 Å². The molecule has 7 heteroatoms. The number of benzene rings is 1. The minimum absolute atomic E-state index is 0.00358. The lowest BCUT2D eigenvalue weighted by molar-refractivity contribution is -0.306. The lowest BCUT2D eigenvalue weighted by Gasteiger charge is -2.27. The fourth-order valence-corrected chi connectivity index (χ4v) is 2.21. The van der Waals surface area contributed by atoms with Gasteiger partial charge in [0.2, 0.25) is 5.91 Å². The van der Waals surface area contributed by atoms with Gasteiger partial charge in [-0.25, -0.2) is 4.89 Å². The van der Waals surface area contributed by atoms with Crippen molar-refractivity contribution in [2.24, 2.45) is 0 Å². The second-order valence-corrected chi connectivity index (χ2v) is 6.99. The van der Waals surface area contributed by atoms with Crippen LogP contribution >= 0.6 is 0 Å². The molecular formula is C19H30N2O5. The lowest BCUT2D eigenvalue weighted by Crippen LogP contribution is -2.46. The van der Waals surface area contributed by atoms with E-state index < -0.39 is 5.60 Å². The van der Waals surface area contributed by atoms with E-state index in [1.165, 1.54) is 0 Å². The Bertz CT molecular complexity index is 560. The number of hydrogen-bond donors (Lipinski definition) is 2. The number of piperazine rings is 1. The van der Waals surface area contributed by atoms with Gasteiger partial charge in [0.25, 0.3) is 0 Å². The third-order valence-corrected chi connectivity index (χ3v) is 3.72.